The van der Waals surface area contributed by atoms with E-state index in [0.29, 0.717) is 43.7 Å². The van der Waals surface area contributed by atoms with Crippen molar-refractivity contribution in [2.24, 2.45) is 5.84 Å². The number of nitrogen functional groups attached to an aromatic ring is 1. The van der Waals surface area contributed by atoms with Crippen molar-refractivity contribution in [3.63, 3.8) is 0 Å². The Bertz CT molecular complexity index is 385. The number of aliphatic hydroxyl groups excluding tert-OH is 1. The van der Waals surface area contributed by atoms with Crippen molar-refractivity contribution in [2.75, 3.05) is 37.7 Å². The Morgan fingerprint density at radius 1 is 1.40 bits per heavy atom. The van der Waals surface area contributed by atoms with E-state index in [0.717, 1.165) is 0 Å². The van der Waals surface area contributed by atoms with Crippen molar-refractivity contribution in [1.29, 1.82) is 0 Å². The summed E-state index contributed by atoms with van der Waals surface area (Å²) in [6.45, 7) is 3.34. The number of methoxy groups -OCH3 is 1. The highest BCUT2D eigenvalue weighted by atomic mass is 16.5. The quantitative estimate of drug-likeness (QED) is 0.354. The first-order valence-electron chi connectivity index (χ1n) is 6.52. The Hall–Kier alpha value is -1.48. The molecule has 0 bridgehead atoms. The van der Waals surface area contributed by atoms with Gasteiger partial charge in [-0.05, 0) is 13.3 Å². The van der Waals surface area contributed by atoms with Crippen LogP contribution in [0.2, 0.25) is 0 Å². The molecule has 8 nitrogen and oxygen atoms in total. The Balaban J connectivity index is 2.80. The van der Waals surface area contributed by atoms with Gasteiger partial charge in [0.1, 0.15) is 18.2 Å². The highest BCUT2D eigenvalue weighted by Gasteiger charge is 2.11. The molecule has 1 rings (SSSR count). The number of nitrogens with two attached hydrogens (primary N) is 1. The van der Waals surface area contributed by atoms with Gasteiger partial charge in [0.05, 0.1) is 12.6 Å². The van der Waals surface area contributed by atoms with Gasteiger partial charge in [-0.1, -0.05) is 0 Å². The topological polar surface area (TPSA) is 115 Å². The van der Waals surface area contributed by atoms with Gasteiger partial charge in [-0.25, -0.2) is 15.8 Å². The molecule has 0 aliphatic rings. The van der Waals surface area contributed by atoms with E-state index >= 15 is 0 Å². The summed E-state index contributed by atoms with van der Waals surface area (Å²) >= 11 is 0. The fourth-order valence-corrected chi connectivity index (χ4v) is 1.67. The largest absolute Gasteiger partial charge is 0.396 e. The highest BCUT2D eigenvalue weighted by molar-refractivity contribution is 5.47. The van der Waals surface area contributed by atoms with E-state index in [9.17, 15) is 0 Å². The van der Waals surface area contributed by atoms with Crippen molar-refractivity contribution >= 4 is 11.6 Å². The van der Waals surface area contributed by atoms with Crippen LogP contribution in [0.3, 0.4) is 0 Å². The zero-order valence-electron chi connectivity index (χ0n) is 11.9. The fraction of sp³-hybridized carbons (Fsp3) is 0.667. The van der Waals surface area contributed by atoms with Gasteiger partial charge in [0.25, 0.3) is 0 Å². The third kappa shape index (κ3) is 5.66. The van der Waals surface area contributed by atoms with E-state index in [1.807, 2.05) is 6.92 Å². The van der Waals surface area contributed by atoms with Gasteiger partial charge >= 0.3 is 0 Å². The maximum atomic E-state index is 9.03. The number of anilines is 2. The Morgan fingerprint density at radius 3 is 2.75 bits per heavy atom. The van der Waals surface area contributed by atoms with E-state index in [1.165, 1.54) is 0 Å². The second-order valence-corrected chi connectivity index (χ2v) is 4.15. The van der Waals surface area contributed by atoms with Crippen LogP contribution in [-0.2, 0) is 16.1 Å². The van der Waals surface area contributed by atoms with Crippen LogP contribution in [0.4, 0.5) is 11.6 Å². The van der Waals surface area contributed by atoms with Crippen LogP contribution in [0.25, 0.3) is 0 Å². The molecule has 0 radical (unpaired) electrons. The standard InChI is InChI=1S/C12H23N5O3/c1-3-20-8-12-15-10(6-11(16-12)17-13)14-9(4-5-18)7-19-2/h6,9,18H,3-5,7-8,13H2,1-2H3,(H2,14,15,16,17). The summed E-state index contributed by atoms with van der Waals surface area (Å²) in [5.41, 5.74) is 2.49. The molecule has 0 saturated carbocycles. The minimum Gasteiger partial charge on any atom is -0.396 e. The first kappa shape index (κ1) is 16.6. The van der Waals surface area contributed by atoms with Crippen LogP contribution in [0.1, 0.15) is 19.2 Å². The number of aromatic nitrogens is 2. The van der Waals surface area contributed by atoms with Crippen molar-refractivity contribution in [3.05, 3.63) is 11.9 Å². The van der Waals surface area contributed by atoms with Crippen LogP contribution < -0.4 is 16.6 Å². The molecule has 0 saturated heterocycles. The average Bonchev–Trinajstić information content (AvgIpc) is 2.45. The van der Waals surface area contributed by atoms with Gasteiger partial charge in [0.2, 0.25) is 0 Å². The number of hydrogen-bond donors (Lipinski definition) is 4. The third-order valence-electron chi connectivity index (χ3n) is 2.55. The Morgan fingerprint density at radius 2 is 2.15 bits per heavy atom. The lowest BCUT2D eigenvalue weighted by molar-refractivity contribution is 0.128. The molecule has 20 heavy (non-hydrogen) atoms. The van der Waals surface area contributed by atoms with Gasteiger partial charge in [-0.15, -0.1) is 0 Å². The summed E-state index contributed by atoms with van der Waals surface area (Å²) in [5, 5.41) is 12.2. The Kier molecular flexibility index (Phi) is 7.81. The van der Waals surface area contributed by atoms with Crippen molar-refractivity contribution in [1.82, 2.24) is 9.97 Å². The number of hydrazine groups is 1. The van der Waals surface area contributed by atoms with Gasteiger partial charge in [-0.2, -0.15) is 0 Å². The molecule has 114 valence electrons. The molecule has 5 N–H and O–H groups in total. The fourth-order valence-electron chi connectivity index (χ4n) is 1.67. The molecule has 1 aromatic rings. The number of rotatable bonds is 10. The van der Waals surface area contributed by atoms with E-state index in [4.69, 9.17) is 20.4 Å². The van der Waals surface area contributed by atoms with Crippen molar-refractivity contribution in [3.8, 4) is 0 Å². The summed E-state index contributed by atoms with van der Waals surface area (Å²) in [6.07, 6.45) is 0.560. The molecule has 0 spiro atoms. The van der Waals surface area contributed by atoms with Gasteiger partial charge < -0.3 is 25.3 Å². The summed E-state index contributed by atoms with van der Waals surface area (Å²) in [5.74, 6) is 7.03. The molecule has 1 aromatic heterocycles. The zero-order chi connectivity index (χ0) is 14.8. The van der Waals surface area contributed by atoms with Crippen molar-refractivity contribution < 1.29 is 14.6 Å². The number of aliphatic hydroxyl groups is 1. The Labute approximate surface area is 118 Å². The minimum absolute atomic E-state index is 0.0366. The summed E-state index contributed by atoms with van der Waals surface area (Å²) in [7, 11) is 1.61. The van der Waals surface area contributed by atoms with Crippen LogP contribution in [0.15, 0.2) is 6.07 Å². The number of ether oxygens (including phenoxy) is 2. The monoisotopic (exact) mass is 285 g/mol. The predicted molar refractivity (Wildman–Crippen MR) is 76.2 cm³/mol. The maximum Gasteiger partial charge on any atom is 0.158 e. The lowest BCUT2D eigenvalue weighted by Crippen LogP contribution is -2.27. The van der Waals surface area contributed by atoms with Gasteiger partial charge in [0.15, 0.2) is 5.82 Å². The van der Waals surface area contributed by atoms with Crippen molar-refractivity contribution in [2.45, 2.75) is 26.0 Å². The highest BCUT2D eigenvalue weighted by Crippen LogP contribution is 2.13. The lowest BCUT2D eigenvalue weighted by atomic mass is 10.2. The first-order valence-corrected chi connectivity index (χ1v) is 6.52. The normalized spacial score (nSPS) is 12.2. The van der Waals surface area contributed by atoms with E-state index in [-0.39, 0.29) is 12.6 Å². The third-order valence-corrected chi connectivity index (χ3v) is 2.55. The maximum absolute atomic E-state index is 9.03. The molecule has 1 atom stereocenters. The minimum atomic E-state index is -0.0366. The predicted octanol–water partition coefficient (Wildman–Crippen LogP) is 0.108. The average molecular weight is 285 g/mol. The molecule has 0 amide bonds. The van der Waals surface area contributed by atoms with Crippen LogP contribution in [0, 0.1) is 0 Å². The van der Waals surface area contributed by atoms with Crippen LogP contribution in [-0.4, -0.2) is 48.0 Å². The SMILES string of the molecule is CCOCc1nc(NN)cc(NC(CCO)COC)n1. The van der Waals surface area contributed by atoms with Gasteiger partial charge in [-0.3, -0.25) is 0 Å². The molecule has 8 heteroatoms. The smallest absolute Gasteiger partial charge is 0.158 e. The van der Waals surface area contributed by atoms with E-state index in [1.54, 1.807) is 13.2 Å². The van der Waals surface area contributed by atoms with E-state index in [2.05, 4.69) is 20.7 Å². The molecular weight excluding hydrogens is 262 g/mol. The van der Waals surface area contributed by atoms with Crippen LogP contribution >= 0.6 is 0 Å². The second kappa shape index (κ2) is 9.43. The zero-order valence-corrected chi connectivity index (χ0v) is 11.9. The molecule has 1 unspecified atom stereocenters. The molecule has 0 fully saturated rings. The molecular formula is C12H23N5O3. The summed E-state index contributed by atoms with van der Waals surface area (Å²) < 4.78 is 10.4. The molecule has 0 aliphatic heterocycles. The molecule has 0 aromatic carbocycles. The lowest BCUT2D eigenvalue weighted by Gasteiger charge is -2.18. The summed E-state index contributed by atoms with van der Waals surface area (Å²) in [4.78, 5) is 8.54. The number of nitrogens with one attached hydrogen (secondary N) is 2. The second-order valence-electron chi connectivity index (χ2n) is 4.15. The molecule has 1 heterocycles. The van der Waals surface area contributed by atoms with Crippen LogP contribution in [0.5, 0.6) is 0 Å². The number of nitrogens with zero attached hydrogens (tertiary/aromatic N) is 2. The number of hydrogen-bond acceptors (Lipinski definition) is 8. The first-order chi connectivity index (χ1) is 9.73. The van der Waals surface area contributed by atoms with Gasteiger partial charge in [0, 0.05) is 26.4 Å². The van der Waals surface area contributed by atoms with E-state index < -0.39 is 0 Å². The summed E-state index contributed by atoms with van der Waals surface area (Å²) in [6, 6.07) is 1.65. The molecule has 0 aliphatic carbocycles.